The summed E-state index contributed by atoms with van der Waals surface area (Å²) >= 11 is 8.08. The molecule has 0 saturated carbocycles. The van der Waals surface area contributed by atoms with E-state index in [9.17, 15) is 0 Å². The molecule has 0 bridgehead atoms. The van der Waals surface area contributed by atoms with Crippen LogP contribution in [0.15, 0.2) is 30.5 Å². The third-order valence-electron chi connectivity index (χ3n) is 3.63. The fourth-order valence-electron chi connectivity index (χ4n) is 2.48. The van der Waals surface area contributed by atoms with Gasteiger partial charge in [-0.25, -0.2) is 0 Å². The Morgan fingerprint density at radius 1 is 1.26 bits per heavy atom. The van der Waals surface area contributed by atoms with Crippen molar-refractivity contribution in [2.75, 3.05) is 23.4 Å². The minimum Gasteiger partial charge on any atom is -0.384 e. The van der Waals surface area contributed by atoms with Crippen LogP contribution < -0.4 is 5.32 Å². The highest BCUT2D eigenvalue weighted by atomic mass is 35.5. The quantitative estimate of drug-likeness (QED) is 0.905. The van der Waals surface area contributed by atoms with Gasteiger partial charge in [0.2, 0.25) is 0 Å². The Morgan fingerprint density at radius 2 is 2.11 bits per heavy atom. The van der Waals surface area contributed by atoms with Gasteiger partial charge < -0.3 is 5.32 Å². The summed E-state index contributed by atoms with van der Waals surface area (Å²) in [6, 6.07) is 7.94. The van der Waals surface area contributed by atoms with E-state index in [4.69, 9.17) is 11.6 Å². The zero-order valence-corrected chi connectivity index (χ0v) is 12.3. The maximum atomic E-state index is 6.01. The van der Waals surface area contributed by atoms with E-state index in [1.165, 1.54) is 30.0 Å². The van der Waals surface area contributed by atoms with Gasteiger partial charge in [-0.3, -0.25) is 4.98 Å². The van der Waals surface area contributed by atoms with Crippen LogP contribution in [0.5, 0.6) is 0 Å². The number of pyridine rings is 1. The molecule has 3 rings (SSSR count). The summed E-state index contributed by atoms with van der Waals surface area (Å²) in [5.74, 6) is 3.41. The Morgan fingerprint density at radius 3 is 2.95 bits per heavy atom. The standard InChI is InChI=1S/C15H17ClN2S/c16-12-1-2-13-14(3-6-17-15(13)9-12)18-10-11-4-7-19-8-5-11/h1-3,6,9,11H,4-5,7-8,10H2,(H,17,18). The largest absolute Gasteiger partial charge is 0.384 e. The number of hydrogen-bond donors (Lipinski definition) is 1. The lowest BCUT2D eigenvalue weighted by Gasteiger charge is -2.22. The SMILES string of the molecule is Clc1ccc2c(NCC3CCSCC3)ccnc2c1. The number of rotatable bonds is 3. The van der Waals surface area contributed by atoms with Crippen molar-refractivity contribution in [1.82, 2.24) is 4.98 Å². The van der Waals surface area contributed by atoms with E-state index in [1.54, 1.807) is 0 Å². The van der Waals surface area contributed by atoms with Gasteiger partial charge in [0.25, 0.3) is 0 Å². The van der Waals surface area contributed by atoms with Gasteiger partial charge in [-0.2, -0.15) is 11.8 Å². The molecule has 1 aliphatic heterocycles. The predicted molar refractivity (Wildman–Crippen MR) is 85.3 cm³/mol. The fraction of sp³-hybridized carbons (Fsp3) is 0.400. The zero-order chi connectivity index (χ0) is 13.1. The monoisotopic (exact) mass is 292 g/mol. The first-order valence-corrected chi connectivity index (χ1v) is 8.22. The van der Waals surface area contributed by atoms with Crippen molar-refractivity contribution in [1.29, 1.82) is 0 Å². The highest BCUT2D eigenvalue weighted by Gasteiger charge is 2.13. The summed E-state index contributed by atoms with van der Waals surface area (Å²) in [6.45, 7) is 1.06. The molecule has 4 heteroatoms. The minimum atomic E-state index is 0.737. The Kier molecular flexibility index (Phi) is 4.14. The maximum absolute atomic E-state index is 6.01. The molecule has 2 nitrogen and oxygen atoms in total. The summed E-state index contributed by atoms with van der Waals surface area (Å²) in [4.78, 5) is 4.37. The molecule has 2 aromatic rings. The Hall–Kier alpha value is -0.930. The first kappa shape index (κ1) is 13.1. The molecule has 2 heterocycles. The molecule has 1 fully saturated rings. The lowest BCUT2D eigenvalue weighted by molar-refractivity contribution is 0.516. The van der Waals surface area contributed by atoms with E-state index < -0.39 is 0 Å². The maximum Gasteiger partial charge on any atom is 0.0737 e. The summed E-state index contributed by atoms with van der Waals surface area (Å²) in [5.41, 5.74) is 2.12. The van der Waals surface area contributed by atoms with Crippen LogP contribution in [-0.4, -0.2) is 23.0 Å². The number of thioether (sulfide) groups is 1. The van der Waals surface area contributed by atoms with Crippen molar-refractivity contribution >= 4 is 40.0 Å². The van der Waals surface area contributed by atoms with E-state index in [0.717, 1.165) is 28.4 Å². The zero-order valence-electron chi connectivity index (χ0n) is 10.7. The van der Waals surface area contributed by atoms with Crippen LogP contribution in [0.2, 0.25) is 5.02 Å². The summed E-state index contributed by atoms with van der Waals surface area (Å²) in [5, 5.41) is 5.47. The van der Waals surface area contributed by atoms with Crippen LogP contribution in [0.25, 0.3) is 10.9 Å². The smallest absolute Gasteiger partial charge is 0.0737 e. The third kappa shape index (κ3) is 3.15. The predicted octanol–water partition coefficient (Wildman–Crippen LogP) is 4.44. The third-order valence-corrected chi connectivity index (χ3v) is 4.91. The van der Waals surface area contributed by atoms with Gasteiger partial charge in [0.05, 0.1) is 5.52 Å². The second-order valence-electron chi connectivity index (χ2n) is 4.96. The molecule has 1 N–H and O–H groups in total. The van der Waals surface area contributed by atoms with Crippen LogP contribution in [0.4, 0.5) is 5.69 Å². The van der Waals surface area contributed by atoms with Crippen LogP contribution in [-0.2, 0) is 0 Å². The minimum absolute atomic E-state index is 0.737. The number of halogens is 1. The van der Waals surface area contributed by atoms with Crippen molar-refractivity contribution in [3.8, 4) is 0 Å². The lowest BCUT2D eigenvalue weighted by atomic mass is 10.0. The van der Waals surface area contributed by atoms with Crippen molar-refractivity contribution < 1.29 is 0 Å². The number of aromatic nitrogens is 1. The second kappa shape index (κ2) is 6.02. The van der Waals surface area contributed by atoms with E-state index in [-0.39, 0.29) is 0 Å². The Balaban J connectivity index is 1.76. The molecule has 1 aliphatic rings. The fourth-order valence-corrected chi connectivity index (χ4v) is 3.85. The summed E-state index contributed by atoms with van der Waals surface area (Å²) < 4.78 is 0. The molecule has 0 amide bonds. The van der Waals surface area contributed by atoms with Crippen molar-refractivity contribution in [3.05, 3.63) is 35.5 Å². The number of nitrogens with one attached hydrogen (secondary N) is 1. The molecule has 0 atom stereocenters. The molecule has 0 spiro atoms. The van der Waals surface area contributed by atoms with Gasteiger partial charge in [0.15, 0.2) is 0 Å². The lowest BCUT2D eigenvalue weighted by Crippen LogP contribution is -2.19. The van der Waals surface area contributed by atoms with Crippen molar-refractivity contribution in [2.24, 2.45) is 5.92 Å². The highest BCUT2D eigenvalue weighted by molar-refractivity contribution is 7.99. The average molecular weight is 293 g/mol. The van der Waals surface area contributed by atoms with Crippen LogP contribution in [0, 0.1) is 5.92 Å². The van der Waals surface area contributed by atoms with Gasteiger partial charge in [-0.15, -0.1) is 0 Å². The van der Waals surface area contributed by atoms with E-state index in [0.29, 0.717) is 0 Å². The average Bonchev–Trinajstić information content (AvgIpc) is 2.45. The number of fused-ring (bicyclic) bond motifs is 1. The molecule has 100 valence electrons. The molecular weight excluding hydrogens is 276 g/mol. The number of nitrogens with zero attached hydrogens (tertiary/aromatic N) is 1. The first-order chi connectivity index (χ1) is 9.33. The van der Waals surface area contributed by atoms with Gasteiger partial charge >= 0.3 is 0 Å². The summed E-state index contributed by atoms with van der Waals surface area (Å²) in [7, 11) is 0. The molecule has 0 unspecified atom stereocenters. The number of hydrogen-bond acceptors (Lipinski definition) is 3. The highest BCUT2D eigenvalue weighted by Crippen LogP contribution is 2.26. The molecule has 1 aromatic heterocycles. The summed E-state index contributed by atoms with van der Waals surface area (Å²) in [6.07, 6.45) is 4.50. The van der Waals surface area contributed by atoms with Crippen LogP contribution in [0.1, 0.15) is 12.8 Å². The van der Waals surface area contributed by atoms with Gasteiger partial charge in [-0.1, -0.05) is 11.6 Å². The van der Waals surface area contributed by atoms with Crippen LogP contribution >= 0.6 is 23.4 Å². The second-order valence-corrected chi connectivity index (χ2v) is 6.62. The van der Waals surface area contributed by atoms with Crippen molar-refractivity contribution in [3.63, 3.8) is 0 Å². The topological polar surface area (TPSA) is 24.9 Å². The molecule has 0 aliphatic carbocycles. The number of benzene rings is 1. The van der Waals surface area contributed by atoms with E-state index >= 15 is 0 Å². The van der Waals surface area contributed by atoms with Crippen LogP contribution in [0.3, 0.4) is 0 Å². The van der Waals surface area contributed by atoms with Gasteiger partial charge in [0.1, 0.15) is 0 Å². The normalized spacial score (nSPS) is 16.7. The Labute approximate surface area is 122 Å². The number of anilines is 1. The Bertz CT molecular complexity index is 567. The van der Waals surface area contributed by atoms with Crippen molar-refractivity contribution in [2.45, 2.75) is 12.8 Å². The van der Waals surface area contributed by atoms with E-state index in [1.807, 2.05) is 30.5 Å². The molecule has 1 saturated heterocycles. The van der Waals surface area contributed by atoms with Gasteiger partial charge in [0, 0.05) is 28.8 Å². The molecule has 1 aromatic carbocycles. The first-order valence-electron chi connectivity index (χ1n) is 6.69. The van der Waals surface area contributed by atoms with Gasteiger partial charge in [-0.05, 0) is 54.5 Å². The molecule has 0 radical (unpaired) electrons. The molecule has 19 heavy (non-hydrogen) atoms. The van der Waals surface area contributed by atoms with E-state index in [2.05, 4.69) is 22.1 Å². The molecular formula is C15H17ClN2S.